The quantitative estimate of drug-likeness (QED) is 0.787. The first-order chi connectivity index (χ1) is 9.13. The molecule has 0 aliphatic carbocycles. The van der Waals surface area contributed by atoms with E-state index >= 15 is 0 Å². The third-order valence-electron chi connectivity index (χ3n) is 2.48. The number of rotatable bonds is 5. The highest BCUT2D eigenvalue weighted by atomic mass is 35.5. The molecule has 7 heteroatoms. The first kappa shape index (κ1) is 13.6. The van der Waals surface area contributed by atoms with Crippen molar-refractivity contribution in [3.63, 3.8) is 0 Å². The van der Waals surface area contributed by atoms with Crippen LogP contribution >= 0.6 is 11.6 Å². The molecule has 19 heavy (non-hydrogen) atoms. The standard InChI is InChI=1S/C12H11ClFN3O2/c1-19-5-4-17-11(9(13)7-16-17)12(18)10-3-2-8(14)6-15-10/h2-3,6-7H,4-5H2,1H3. The number of halogens is 2. The normalized spacial score (nSPS) is 10.7. The van der Waals surface area contributed by atoms with E-state index in [0.717, 1.165) is 6.20 Å². The smallest absolute Gasteiger partial charge is 0.230 e. The Balaban J connectivity index is 2.32. The van der Waals surface area contributed by atoms with Crippen LogP contribution in [0.5, 0.6) is 0 Å². The molecule has 0 spiro atoms. The Hall–Kier alpha value is -1.79. The summed E-state index contributed by atoms with van der Waals surface area (Å²) in [5, 5.41) is 4.23. The van der Waals surface area contributed by atoms with Gasteiger partial charge in [0.1, 0.15) is 17.2 Å². The molecule has 2 aromatic heterocycles. The summed E-state index contributed by atoms with van der Waals surface area (Å²) < 4.78 is 19.2. The SMILES string of the molecule is COCCn1ncc(Cl)c1C(=O)c1ccc(F)cn1. The van der Waals surface area contributed by atoms with Crippen molar-refractivity contribution in [1.82, 2.24) is 14.8 Å². The maximum absolute atomic E-state index is 12.8. The van der Waals surface area contributed by atoms with Gasteiger partial charge in [0.2, 0.25) is 5.78 Å². The van der Waals surface area contributed by atoms with Crippen molar-refractivity contribution in [2.75, 3.05) is 13.7 Å². The number of nitrogens with zero attached hydrogens (tertiary/aromatic N) is 3. The highest BCUT2D eigenvalue weighted by Crippen LogP contribution is 2.18. The number of pyridine rings is 1. The Labute approximate surface area is 114 Å². The summed E-state index contributed by atoms with van der Waals surface area (Å²) in [4.78, 5) is 16.0. The van der Waals surface area contributed by atoms with E-state index in [1.54, 1.807) is 7.11 Å². The summed E-state index contributed by atoms with van der Waals surface area (Å²) in [5.41, 5.74) is 0.334. The van der Waals surface area contributed by atoms with Gasteiger partial charge in [-0.3, -0.25) is 9.48 Å². The molecule has 0 unspecified atom stereocenters. The zero-order valence-corrected chi connectivity index (χ0v) is 10.9. The van der Waals surface area contributed by atoms with Crippen molar-refractivity contribution >= 4 is 17.4 Å². The van der Waals surface area contributed by atoms with Gasteiger partial charge in [-0.15, -0.1) is 0 Å². The van der Waals surface area contributed by atoms with Crippen molar-refractivity contribution in [2.45, 2.75) is 6.54 Å². The van der Waals surface area contributed by atoms with Gasteiger partial charge < -0.3 is 4.74 Å². The third-order valence-corrected chi connectivity index (χ3v) is 2.75. The summed E-state index contributed by atoms with van der Waals surface area (Å²) >= 11 is 5.95. The highest BCUT2D eigenvalue weighted by Gasteiger charge is 2.20. The van der Waals surface area contributed by atoms with E-state index < -0.39 is 11.6 Å². The number of ether oxygens (including phenoxy) is 1. The molecule has 2 heterocycles. The van der Waals surface area contributed by atoms with Crippen LogP contribution in [0, 0.1) is 5.82 Å². The molecule has 0 saturated heterocycles. The topological polar surface area (TPSA) is 57.0 Å². The Morgan fingerprint density at radius 2 is 2.26 bits per heavy atom. The van der Waals surface area contributed by atoms with Crippen LogP contribution in [0.2, 0.25) is 5.02 Å². The van der Waals surface area contributed by atoms with Crippen molar-refractivity contribution < 1.29 is 13.9 Å². The molecule has 100 valence electrons. The maximum Gasteiger partial charge on any atom is 0.230 e. The van der Waals surface area contributed by atoms with Gasteiger partial charge in [0.05, 0.1) is 30.6 Å². The van der Waals surface area contributed by atoms with E-state index in [9.17, 15) is 9.18 Å². The summed E-state index contributed by atoms with van der Waals surface area (Å²) in [6.45, 7) is 0.792. The van der Waals surface area contributed by atoms with Gasteiger partial charge in [0.25, 0.3) is 0 Å². The fourth-order valence-electron chi connectivity index (χ4n) is 1.57. The summed E-state index contributed by atoms with van der Waals surface area (Å²) in [6.07, 6.45) is 2.37. The van der Waals surface area contributed by atoms with Gasteiger partial charge in [0.15, 0.2) is 0 Å². The van der Waals surface area contributed by atoms with E-state index in [0.29, 0.717) is 13.2 Å². The zero-order chi connectivity index (χ0) is 13.8. The van der Waals surface area contributed by atoms with Gasteiger partial charge in [-0.2, -0.15) is 5.10 Å². The largest absolute Gasteiger partial charge is 0.383 e. The lowest BCUT2D eigenvalue weighted by atomic mass is 10.2. The molecule has 0 aliphatic heterocycles. The average Bonchev–Trinajstić information content (AvgIpc) is 2.77. The fourth-order valence-corrected chi connectivity index (χ4v) is 1.79. The Morgan fingerprint density at radius 3 is 2.89 bits per heavy atom. The number of methoxy groups -OCH3 is 1. The third kappa shape index (κ3) is 2.97. The molecular weight excluding hydrogens is 273 g/mol. The number of hydrogen-bond acceptors (Lipinski definition) is 4. The minimum Gasteiger partial charge on any atom is -0.383 e. The molecule has 0 radical (unpaired) electrons. The second-order valence-electron chi connectivity index (χ2n) is 3.75. The Bertz CT molecular complexity index is 583. The lowest BCUT2D eigenvalue weighted by molar-refractivity contribution is 0.102. The van der Waals surface area contributed by atoms with Crippen molar-refractivity contribution in [3.05, 3.63) is 46.8 Å². The first-order valence-corrected chi connectivity index (χ1v) is 5.87. The van der Waals surface area contributed by atoms with Crippen LogP contribution in [0.1, 0.15) is 16.2 Å². The predicted octanol–water partition coefficient (Wildman–Crippen LogP) is 1.95. The van der Waals surface area contributed by atoms with Crippen LogP contribution in [-0.4, -0.2) is 34.3 Å². The molecule has 0 aromatic carbocycles. The molecule has 0 N–H and O–H groups in total. The molecule has 0 bridgehead atoms. The molecule has 0 fully saturated rings. The van der Waals surface area contributed by atoms with E-state index in [1.807, 2.05) is 0 Å². The zero-order valence-electron chi connectivity index (χ0n) is 10.1. The van der Waals surface area contributed by atoms with Crippen LogP contribution in [0.15, 0.2) is 24.5 Å². The minimum atomic E-state index is -0.504. The van der Waals surface area contributed by atoms with Crippen LogP contribution < -0.4 is 0 Å². The van der Waals surface area contributed by atoms with Crippen molar-refractivity contribution in [3.8, 4) is 0 Å². The number of hydrogen-bond donors (Lipinski definition) is 0. The predicted molar refractivity (Wildman–Crippen MR) is 66.7 cm³/mol. The van der Waals surface area contributed by atoms with Gasteiger partial charge in [-0.25, -0.2) is 9.37 Å². The highest BCUT2D eigenvalue weighted by molar-refractivity contribution is 6.34. The minimum absolute atomic E-state index is 0.113. The molecule has 0 aliphatic rings. The number of ketones is 1. The molecule has 5 nitrogen and oxygen atoms in total. The molecule has 2 aromatic rings. The summed E-state index contributed by atoms with van der Waals surface area (Å²) in [5.74, 6) is -0.908. The summed E-state index contributed by atoms with van der Waals surface area (Å²) in [7, 11) is 1.55. The van der Waals surface area contributed by atoms with E-state index in [-0.39, 0.29) is 16.4 Å². The molecule has 0 atom stereocenters. The number of carbonyl (C=O) groups excluding carboxylic acids is 1. The molecule has 0 amide bonds. The molecular formula is C12H11ClFN3O2. The average molecular weight is 284 g/mol. The van der Waals surface area contributed by atoms with Crippen LogP contribution in [0.4, 0.5) is 4.39 Å². The van der Waals surface area contributed by atoms with E-state index in [2.05, 4.69) is 10.1 Å². The van der Waals surface area contributed by atoms with Crippen LogP contribution in [-0.2, 0) is 11.3 Å². The summed E-state index contributed by atoms with van der Waals surface area (Å²) in [6, 6.07) is 2.48. The fraction of sp³-hybridized carbons (Fsp3) is 0.250. The van der Waals surface area contributed by atoms with Gasteiger partial charge in [0, 0.05) is 7.11 Å². The van der Waals surface area contributed by atoms with Gasteiger partial charge >= 0.3 is 0 Å². The van der Waals surface area contributed by atoms with Gasteiger partial charge in [-0.05, 0) is 12.1 Å². The molecule has 2 rings (SSSR count). The van der Waals surface area contributed by atoms with Crippen molar-refractivity contribution in [1.29, 1.82) is 0 Å². The lowest BCUT2D eigenvalue weighted by Crippen LogP contribution is -2.15. The van der Waals surface area contributed by atoms with Crippen LogP contribution in [0.3, 0.4) is 0 Å². The monoisotopic (exact) mass is 283 g/mol. The number of carbonyl (C=O) groups is 1. The van der Waals surface area contributed by atoms with E-state index in [4.69, 9.17) is 16.3 Å². The first-order valence-electron chi connectivity index (χ1n) is 5.50. The Kier molecular flexibility index (Phi) is 4.24. The second-order valence-corrected chi connectivity index (χ2v) is 4.16. The maximum atomic E-state index is 12.8. The van der Waals surface area contributed by atoms with Crippen LogP contribution in [0.25, 0.3) is 0 Å². The van der Waals surface area contributed by atoms with Crippen molar-refractivity contribution in [2.24, 2.45) is 0 Å². The number of aromatic nitrogens is 3. The van der Waals surface area contributed by atoms with E-state index in [1.165, 1.54) is 23.0 Å². The van der Waals surface area contributed by atoms with Gasteiger partial charge in [-0.1, -0.05) is 11.6 Å². The lowest BCUT2D eigenvalue weighted by Gasteiger charge is -2.06. The Morgan fingerprint density at radius 1 is 1.47 bits per heavy atom. The molecule has 0 saturated carbocycles. The second kappa shape index (κ2) is 5.90.